The van der Waals surface area contributed by atoms with Crippen molar-refractivity contribution in [3.05, 3.63) is 53.6 Å². The smallest absolute Gasteiger partial charge is 0.123 e. The number of aromatic nitrogens is 2. The van der Waals surface area contributed by atoms with Crippen molar-refractivity contribution in [2.45, 2.75) is 31.8 Å². The Labute approximate surface area is 142 Å². The quantitative estimate of drug-likeness (QED) is 0.885. The normalized spacial score (nSPS) is 18.0. The van der Waals surface area contributed by atoms with Gasteiger partial charge in [-0.05, 0) is 74.5 Å². The molecule has 1 aliphatic heterocycles. The third-order valence-electron chi connectivity index (χ3n) is 4.99. The largest absolute Gasteiger partial charge is 0.388 e. The maximum Gasteiger partial charge on any atom is 0.123 e. The maximum atomic E-state index is 13.0. The van der Waals surface area contributed by atoms with Crippen molar-refractivity contribution in [2.75, 3.05) is 19.6 Å². The Balaban J connectivity index is 1.41. The Morgan fingerprint density at radius 2 is 1.96 bits per heavy atom. The second kappa shape index (κ2) is 7.90. The highest BCUT2D eigenvalue weighted by molar-refractivity contribution is 5.19. The summed E-state index contributed by atoms with van der Waals surface area (Å²) in [7, 11) is 1.95. The molecule has 1 saturated heterocycles. The van der Waals surface area contributed by atoms with Crippen LogP contribution in [0.4, 0.5) is 4.39 Å². The summed E-state index contributed by atoms with van der Waals surface area (Å²) >= 11 is 0. The van der Waals surface area contributed by atoms with Gasteiger partial charge in [0.05, 0.1) is 12.3 Å². The van der Waals surface area contributed by atoms with Crippen LogP contribution in [0.25, 0.3) is 0 Å². The van der Waals surface area contributed by atoms with Crippen LogP contribution in [0, 0.1) is 11.7 Å². The first-order valence-electron chi connectivity index (χ1n) is 8.75. The van der Waals surface area contributed by atoms with Gasteiger partial charge < -0.3 is 10.0 Å². The van der Waals surface area contributed by atoms with Crippen molar-refractivity contribution in [3.8, 4) is 0 Å². The van der Waals surface area contributed by atoms with Crippen LogP contribution in [0.1, 0.15) is 36.5 Å². The molecule has 0 radical (unpaired) electrons. The molecule has 2 heterocycles. The van der Waals surface area contributed by atoms with Crippen LogP contribution in [-0.2, 0) is 13.5 Å². The minimum Gasteiger partial charge on any atom is -0.388 e. The fourth-order valence-corrected chi connectivity index (χ4v) is 3.53. The number of nitrogens with zero attached hydrogens (tertiary/aromatic N) is 3. The lowest BCUT2D eigenvalue weighted by Gasteiger charge is -2.34. The number of halogens is 1. The Kier molecular flexibility index (Phi) is 5.63. The van der Waals surface area contributed by atoms with Gasteiger partial charge in [-0.3, -0.25) is 4.68 Å². The highest BCUT2D eigenvalue weighted by atomic mass is 19.1. The SMILES string of the molecule is Cn1cc(CCCN2CCC(C(O)c3ccc(F)cc3)CC2)cn1. The lowest BCUT2D eigenvalue weighted by molar-refractivity contribution is 0.0586. The van der Waals surface area contributed by atoms with E-state index in [1.165, 1.54) is 17.7 Å². The summed E-state index contributed by atoms with van der Waals surface area (Å²) in [5.74, 6) is 0.0134. The van der Waals surface area contributed by atoms with E-state index >= 15 is 0 Å². The Bertz CT molecular complexity index is 632. The van der Waals surface area contributed by atoms with Crippen molar-refractivity contribution in [1.82, 2.24) is 14.7 Å². The van der Waals surface area contributed by atoms with Crippen molar-refractivity contribution in [1.29, 1.82) is 0 Å². The molecular weight excluding hydrogens is 305 g/mol. The minimum atomic E-state index is -0.483. The monoisotopic (exact) mass is 331 g/mol. The molecule has 1 aromatic heterocycles. The van der Waals surface area contributed by atoms with Gasteiger partial charge in [-0.25, -0.2) is 4.39 Å². The number of aryl methyl sites for hydroxylation is 2. The fourth-order valence-electron chi connectivity index (χ4n) is 3.53. The second-order valence-corrected chi connectivity index (χ2v) is 6.80. The molecule has 1 aromatic carbocycles. The van der Waals surface area contributed by atoms with E-state index in [-0.39, 0.29) is 11.7 Å². The van der Waals surface area contributed by atoms with Gasteiger partial charge in [0.15, 0.2) is 0 Å². The van der Waals surface area contributed by atoms with E-state index in [9.17, 15) is 9.50 Å². The number of aliphatic hydroxyl groups excluding tert-OH is 1. The number of hydrogen-bond acceptors (Lipinski definition) is 3. The Morgan fingerprint density at radius 3 is 2.58 bits per heavy atom. The van der Waals surface area contributed by atoms with Crippen LogP contribution in [-0.4, -0.2) is 39.4 Å². The zero-order valence-corrected chi connectivity index (χ0v) is 14.2. The molecule has 1 aliphatic rings. The molecule has 1 N–H and O–H groups in total. The average molecular weight is 331 g/mol. The number of aliphatic hydroxyl groups is 1. The van der Waals surface area contributed by atoms with E-state index in [0.717, 1.165) is 50.9 Å². The van der Waals surface area contributed by atoms with Gasteiger partial charge in [-0.2, -0.15) is 5.10 Å². The van der Waals surface area contributed by atoms with Crippen molar-refractivity contribution in [3.63, 3.8) is 0 Å². The predicted octanol–water partition coefficient (Wildman–Crippen LogP) is 2.94. The zero-order chi connectivity index (χ0) is 16.9. The molecule has 0 aliphatic carbocycles. The lowest BCUT2D eigenvalue weighted by Crippen LogP contribution is -2.36. The summed E-state index contributed by atoms with van der Waals surface area (Å²) < 4.78 is 14.8. The Hall–Kier alpha value is -1.72. The standard InChI is InChI=1S/C19H26FN3O/c1-22-14-15(13-21-22)3-2-10-23-11-8-17(9-12-23)19(24)16-4-6-18(20)7-5-16/h4-7,13-14,17,19,24H,2-3,8-12H2,1H3. The van der Waals surface area contributed by atoms with Crippen LogP contribution >= 0.6 is 0 Å². The van der Waals surface area contributed by atoms with Gasteiger partial charge in [-0.15, -0.1) is 0 Å². The van der Waals surface area contributed by atoms with Crippen molar-refractivity contribution in [2.24, 2.45) is 13.0 Å². The third-order valence-corrected chi connectivity index (χ3v) is 4.99. The van der Waals surface area contributed by atoms with Gasteiger partial charge in [0.25, 0.3) is 0 Å². The third kappa shape index (κ3) is 4.42. The maximum absolute atomic E-state index is 13.0. The summed E-state index contributed by atoms with van der Waals surface area (Å²) in [5.41, 5.74) is 2.12. The molecule has 0 bridgehead atoms. The van der Waals surface area contributed by atoms with Crippen LogP contribution < -0.4 is 0 Å². The molecule has 0 saturated carbocycles. The molecule has 1 atom stereocenters. The van der Waals surface area contributed by atoms with Crippen LogP contribution in [0.5, 0.6) is 0 Å². The number of benzene rings is 1. The number of hydrogen-bond donors (Lipinski definition) is 1. The van der Waals surface area contributed by atoms with Gasteiger partial charge in [-0.1, -0.05) is 12.1 Å². The molecule has 4 nitrogen and oxygen atoms in total. The molecular formula is C19H26FN3O. The molecule has 0 spiro atoms. The van der Waals surface area contributed by atoms with E-state index in [2.05, 4.69) is 16.2 Å². The van der Waals surface area contributed by atoms with E-state index in [1.807, 2.05) is 17.9 Å². The fraction of sp³-hybridized carbons (Fsp3) is 0.526. The summed E-state index contributed by atoms with van der Waals surface area (Å²) in [5, 5.41) is 14.7. The van der Waals surface area contributed by atoms with Crippen LogP contribution in [0.2, 0.25) is 0 Å². The molecule has 24 heavy (non-hydrogen) atoms. The van der Waals surface area contributed by atoms with E-state index < -0.39 is 6.10 Å². The van der Waals surface area contributed by atoms with Gasteiger partial charge in [0, 0.05) is 13.2 Å². The van der Waals surface area contributed by atoms with Crippen molar-refractivity contribution >= 4 is 0 Å². The van der Waals surface area contributed by atoms with Crippen molar-refractivity contribution < 1.29 is 9.50 Å². The summed E-state index contributed by atoms with van der Waals surface area (Å²) in [6.07, 6.45) is 7.71. The first-order valence-corrected chi connectivity index (χ1v) is 8.75. The van der Waals surface area contributed by atoms with E-state index in [1.54, 1.807) is 12.1 Å². The van der Waals surface area contributed by atoms with Crippen LogP contribution in [0.15, 0.2) is 36.7 Å². The number of rotatable bonds is 6. The molecule has 0 amide bonds. The average Bonchev–Trinajstić information content (AvgIpc) is 3.01. The number of piperidine rings is 1. The molecule has 2 aromatic rings. The van der Waals surface area contributed by atoms with E-state index in [0.29, 0.717) is 0 Å². The van der Waals surface area contributed by atoms with Gasteiger partial charge >= 0.3 is 0 Å². The zero-order valence-electron chi connectivity index (χ0n) is 14.2. The summed E-state index contributed by atoms with van der Waals surface area (Å²) in [4.78, 5) is 2.48. The topological polar surface area (TPSA) is 41.3 Å². The molecule has 1 fully saturated rings. The molecule has 5 heteroatoms. The summed E-state index contributed by atoms with van der Waals surface area (Å²) in [6, 6.07) is 6.23. The highest BCUT2D eigenvalue weighted by Crippen LogP contribution is 2.30. The van der Waals surface area contributed by atoms with Crippen LogP contribution in [0.3, 0.4) is 0 Å². The second-order valence-electron chi connectivity index (χ2n) is 6.80. The lowest BCUT2D eigenvalue weighted by atomic mass is 9.87. The first kappa shape index (κ1) is 17.1. The first-order chi connectivity index (χ1) is 11.6. The predicted molar refractivity (Wildman–Crippen MR) is 92.1 cm³/mol. The van der Waals surface area contributed by atoms with E-state index in [4.69, 9.17) is 0 Å². The molecule has 130 valence electrons. The van der Waals surface area contributed by atoms with Gasteiger partial charge in [0.1, 0.15) is 5.82 Å². The molecule has 1 unspecified atom stereocenters. The highest BCUT2D eigenvalue weighted by Gasteiger charge is 2.26. The van der Waals surface area contributed by atoms with Gasteiger partial charge in [0.2, 0.25) is 0 Å². The minimum absolute atomic E-state index is 0.255. The number of likely N-dealkylation sites (tertiary alicyclic amines) is 1. The Morgan fingerprint density at radius 1 is 1.25 bits per heavy atom. The molecule has 3 rings (SSSR count). The summed E-state index contributed by atoms with van der Waals surface area (Å²) in [6.45, 7) is 3.14.